The van der Waals surface area contributed by atoms with Crippen molar-refractivity contribution in [1.82, 2.24) is 10.2 Å². The zero-order valence-corrected chi connectivity index (χ0v) is 9.68. The third kappa shape index (κ3) is 3.17. The predicted octanol–water partition coefficient (Wildman–Crippen LogP) is 1.99. The first kappa shape index (κ1) is 11.4. The molecule has 0 bridgehead atoms. The highest BCUT2D eigenvalue weighted by atomic mass is 16.1. The highest BCUT2D eigenvalue weighted by molar-refractivity contribution is 5.32. The van der Waals surface area contributed by atoms with E-state index in [1.165, 1.54) is 11.6 Å². The van der Waals surface area contributed by atoms with Crippen molar-refractivity contribution < 1.29 is 0 Å². The van der Waals surface area contributed by atoms with Crippen LogP contribution in [0.25, 0.3) is 0 Å². The number of nitrogens with zero attached hydrogens (tertiary/aromatic N) is 1. The molecule has 0 aliphatic carbocycles. The van der Waals surface area contributed by atoms with Crippen LogP contribution in [-0.4, -0.2) is 16.7 Å². The van der Waals surface area contributed by atoms with Crippen LogP contribution in [0.15, 0.2) is 47.3 Å². The number of aromatic amines is 1. The van der Waals surface area contributed by atoms with Crippen molar-refractivity contribution >= 4 is 5.82 Å². The molecule has 1 heterocycles. The molecule has 0 radical (unpaired) electrons. The maximum Gasteiger partial charge on any atom is 0.264 e. The number of nitrogens with one attached hydrogen (secondary N) is 2. The van der Waals surface area contributed by atoms with E-state index in [0.29, 0.717) is 11.7 Å². The first-order valence-corrected chi connectivity index (χ1v) is 5.60. The molecule has 4 heteroatoms. The van der Waals surface area contributed by atoms with E-state index in [-0.39, 0.29) is 5.56 Å². The van der Waals surface area contributed by atoms with Gasteiger partial charge in [-0.15, -0.1) is 0 Å². The highest BCUT2D eigenvalue weighted by Crippen LogP contribution is 2.14. The molecule has 0 aliphatic rings. The van der Waals surface area contributed by atoms with E-state index in [9.17, 15) is 4.79 Å². The van der Waals surface area contributed by atoms with Gasteiger partial charge < -0.3 is 5.32 Å². The lowest BCUT2D eigenvalue weighted by atomic mass is 10.0. The molecule has 0 fully saturated rings. The van der Waals surface area contributed by atoms with Crippen molar-refractivity contribution in [3.63, 3.8) is 0 Å². The van der Waals surface area contributed by atoms with Crippen LogP contribution in [-0.2, 0) is 0 Å². The third-order valence-corrected chi connectivity index (χ3v) is 2.64. The number of rotatable bonds is 4. The van der Waals surface area contributed by atoms with E-state index in [2.05, 4.69) is 34.6 Å². The maximum absolute atomic E-state index is 10.8. The van der Waals surface area contributed by atoms with Crippen LogP contribution in [0, 0.1) is 0 Å². The van der Waals surface area contributed by atoms with Crippen molar-refractivity contribution in [2.24, 2.45) is 0 Å². The van der Waals surface area contributed by atoms with Gasteiger partial charge in [0.1, 0.15) is 5.82 Å². The molecular formula is C13H15N3O. The van der Waals surface area contributed by atoms with Gasteiger partial charge in [0.15, 0.2) is 0 Å². The zero-order valence-electron chi connectivity index (χ0n) is 9.68. The molecule has 1 aromatic carbocycles. The number of H-pyrrole nitrogens is 1. The molecule has 2 rings (SSSR count). The van der Waals surface area contributed by atoms with Crippen molar-refractivity contribution in [3.8, 4) is 0 Å². The molecule has 0 saturated carbocycles. The fourth-order valence-electron chi connectivity index (χ4n) is 1.60. The summed E-state index contributed by atoms with van der Waals surface area (Å²) in [7, 11) is 0. The molecule has 17 heavy (non-hydrogen) atoms. The molecular weight excluding hydrogens is 214 g/mol. The Labute approximate surface area is 99.7 Å². The molecule has 2 aromatic rings. The fourth-order valence-corrected chi connectivity index (χ4v) is 1.60. The monoisotopic (exact) mass is 229 g/mol. The number of anilines is 1. The quantitative estimate of drug-likeness (QED) is 0.842. The molecule has 1 atom stereocenters. The second kappa shape index (κ2) is 5.30. The first-order valence-electron chi connectivity index (χ1n) is 5.60. The van der Waals surface area contributed by atoms with Crippen LogP contribution in [0.5, 0.6) is 0 Å². The molecule has 0 saturated heterocycles. The van der Waals surface area contributed by atoms with Gasteiger partial charge in [-0.05, 0) is 17.5 Å². The molecule has 1 aromatic heterocycles. The van der Waals surface area contributed by atoms with Gasteiger partial charge in [0, 0.05) is 12.6 Å². The topological polar surface area (TPSA) is 57.8 Å². The summed E-state index contributed by atoms with van der Waals surface area (Å²) in [5, 5.41) is 9.48. The SMILES string of the molecule is C[C@@H](CNc1ccc(=O)[nH]n1)c1ccccc1. The summed E-state index contributed by atoms with van der Waals surface area (Å²) in [5.41, 5.74) is 1.09. The van der Waals surface area contributed by atoms with Crippen molar-refractivity contribution in [2.75, 3.05) is 11.9 Å². The Morgan fingerprint density at radius 1 is 1.24 bits per heavy atom. The third-order valence-electron chi connectivity index (χ3n) is 2.64. The number of benzene rings is 1. The summed E-state index contributed by atoms with van der Waals surface area (Å²) in [5.74, 6) is 1.08. The van der Waals surface area contributed by atoms with Crippen LogP contribution in [0.1, 0.15) is 18.4 Å². The van der Waals surface area contributed by atoms with Gasteiger partial charge >= 0.3 is 0 Å². The van der Waals surface area contributed by atoms with Crippen molar-refractivity contribution in [3.05, 3.63) is 58.4 Å². The Hall–Kier alpha value is -2.10. The maximum atomic E-state index is 10.8. The Balaban J connectivity index is 1.94. The lowest BCUT2D eigenvalue weighted by molar-refractivity contribution is 0.797. The summed E-state index contributed by atoms with van der Waals surface area (Å²) in [6.45, 7) is 2.93. The predicted molar refractivity (Wildman–Crippen MR) is 68.2 cm³/mol. The number of hydrogen-bond acceptors (Lipinski definition) is 3. The van der Waals surface area contributed by atoms with E-state index < -0.39 is 0 Å². The van der Waals surface area contributed by atoms with Gasteiger partial charge in [0.05, 0.1) is 0 Å². The summed E-state index contributed by atoms with van der Waals surface area (Å²) in [6, 6.07) is 13.4. The Morgan fingerprint density at radius 2 is 2.00 bits per heavy atom. The van der Waals surface area contributed by atoms with Crippen LogP contribution >= 0.6 is 0 Å². The number of aromatic nitrogens is 2. The van der Waals surface area contributed by atoms with Gasteiger partial charge in [-0.2, -0.15) is 5.10 Å². The van der Waals surface area contributed by atoms with Crippen molar-refractivity contribution in [1.29, 1.82) is 0 Å². The minimum atomic E-state index is -0.188. The Morgan fingerprint density at radius 3 is 2.65 bits per heavy atom. The van der Waals surface area contributed by atoms with Crippen LogP contribution in [0.4, 0.5) is 5.82 Å². The smallest absolute Gasteiger partial charge is 0.264 e. The summed E-state index contributed by atoms with van der Waals surface area (Å²) >= 11 is 0. The second-order valence-corrected chi connectivity index (χ2v) is 4.00. The summed E-state index contributed by atoms with van der Waals surface area (Å²) in [4.78, 5) is 10.8. The lowest BCUT2D eigenvalue weighted by Crippen LogP contribution is -2.13. The van der Waals surface area contributed by atoms with Crippen LogP contribution < -0.4 is 10.9 Å². The molecule has 88 valence electrons. The highest BCUT2D eigenvalue weighted by Gasteiger charge is 2.04. The van der Waals surface area contributed by atoms with E-state index >= 15 is 0 Å². The average molecular weight is 229 g/mol. The molecule has 2 N–H and O–H groups in total. The van der Waals surface area contributed by atoms with Crippen molar-refractivity contribution in [2.45, 2.75) is 12.8 Å². The van der Waals surface area contributed by atoms with Gasteiger partial charge in [-0.3, -0.25) is 4.79 Å². The summed E-state index contributed by atoms with van der Waals surface area (Å²) < 4.78 is 0. The fraction of sp³-hybridized carbons (Fsp3) is 0.231. The first-order chi connectivity index (χ1) is 8.25. The average Bonchev–Trinajstić information content (AvgIpc) is 2.39. The molecule has 4 nitrogen and oxygen atoms in total. The Kier molecular flexibility index (Phi) is 3.55. The standard InChI is InChI=1S/C13H15N3O/c1-10(11-5-3-2-4-6-11)9-14-12-7-8-13(17)16-15-12/h2-8,10H,9H2,1H3,(H,14,15)(H,16,17)/t10-/m0/s1. The number of hydrogen-bond donors (Lipinski definition) is 2. The minimum Gasteiger partial charge on any atom is -0.368 e. The molecule has 0 aliphatic heterocycles. The normalized spacial score (nSPS) is 12.1. The van der Waals surface area contributed by atoms with E-state index in [1.807, 2.05) is 18.2 Å². The summed E-state index contributed by atoms with van der Waals surface area (Å²) in [6.07, 6.45) is 0. The van der Waals surface area contributed by atoms with Gasteiger partial charge in [0.2, 0.25) is 0 Å². The minimum absolute atomic E-state index is 0.188. The van der Waals surface area contributed by atoms with Crippen LogP contribution in [0.3, 0.4) is 0 Å². The van der Waals surface area contributed by atoms with Gasteiger partial charge in [-0.25, -0.2) is 5.10 Å². The van der Waals surface area contributed by atoms with E-state index in [4.69, 9.17) is 0 Å². The van der Waals surface area contributed by atoms with Gasteiger partial charge in [0.25, 0.3) is 5.56 Å². The molecule has 0 spiro atoms. The van der Waals surface area contributed by atoms with Gasteiger partial charge in [-0.1, -0.05) is 37.3 Å². The molecule has 0 unspecified atom stereocenters. The largest absolute Gasteiger partial charge is 0.368 e. The molecule has 0 amide bonds. The van der Waals surface area contributed by atoms with E-state index in [1.54, 1.807) is 6.07 Å². The second-order valence-electron chi connectivity index (χ2n) is 4.00. The lowest BCUT2D eigenvalue weighted by Gasteiger charge is -2.12. The van der Waals surface area contributed by atoms with E-state index in [0.717, 1.165) is 6.54 Å². The van der Waals surface area contributed by atoms with Crippen LogP contribution in [0.2, 0.25) is 0 Å². The Bertz CT molecular complexity index is 501. The zero-order chi connectivity index (χ0) is 12.1.